The van der Waals surface area contributed by atoms with Crippen molar-refractivity contribution in [1.82, 2.24) is 14.9 Å². The zero-order valence-electron chi connectivity index (χ0n) is 20.4. The Morgan fingerprint density at radius 1 is 1.37 bits per heavy atom. The Labute approximate surface area is 213 Å². The van der Waals surface area contributed by atoms with E-state index in [1.165, 1.54) is 11.3 Å². The molecule has 1 N–H and O–H groups in total. The van der Waals surface area contributed by atoms with Gasteiger partial charge in [0.25, 0.3) is 5.56 Å². The first kappa shape index (κ1) is 25.5. The summed E-state index contributed by atoms with van der Waals surface area (Å²) in [4.78, 5) is 33.6. The number of amides is 1. The number of allylic oxidation sites excluding steroid dienone is 1. The maximum atomic E-state index is 13.4. The number of carbonyl (C=O) groups excluding carboxylic acids is 1. The standard InChI is InChI=1S/C26H31N3O4S2/c1-5-12-29-21(15-27-22(30)11-13-34-18-9-7-17(8-10-18)32-6-2)28-24-23(25(29)31)19-14-26(3,4)33-16-20(19)35-24/h5,7-10H,1,6,11-16H2,2-4H3,(H,27,30). The summed E-state index contributed by atoms with van der Waals surface area (Å²) >= 11 is 3.12. The summed E-state index contributed by atoms with van der Waals surface area (Å²) < 4.78 is 13.0. The maximum absolute atomic E-state index is 13.4. The van der Waals surface area contributed by atoms with Gasteiger partial charge in [0.2, 0.25) is 5.91 Å². The fraction of sp³-hybridized carbons (Fsp3) is 0.423. The Balaban J connectivity index is 1.43. The number of thioether (sulfide) groups is 1. The van der Waals surface area contributed by atoms with Crippen molar-refractivity contribution in [2.45, 2.75) is 63.8 Å². The topological polar surface area (TPSA) is 82.5 Å². The molecule has 0 saturated carbocycles. The fourth-order valence-corrected chi connectivity index (χ4v) is 6.01. The number of ether oxygens (including phenoxy) is 2. The summed E-state index contributed by atoms with van der Waals surface area (Å²) in [5.74, 6) is 1.95. The molecule has 7 nitrogen and oxygen atoms in total. The van der Waals surface area contributed by atoms with Crippen LogP contribution in [0.1, 0.15) is 43.5 Å². The van der Waals surface area contributed by atoms with Crippen molar-refractivity contribution in [2.75, 3.05) is 12.4 Å². The predicted molar refractivity (Wildman–Crippen MR) is 141 cm³/mol. The normalized spacial score (nSPS) is 14.5. The van der Waals surface area contributed by atoms with Gasteiger partial charge in [-0.3, -0.25) is 14.2 Å². The largest absolute Gasteiger partial charge is 0.494 e. The number of carbonyl (C=O) groups is 1. The van der Waals surface area contributed by atoms with Gasteiger partial charge < -0.3 is 14.8 Å². The zero-order valence-corrected chi connectivity index (χ0v) is 22.0. The van der Waals surface area contributed by atoms with Crippen molar-refractivity contribution in [3.05, 3.63) is 63.5 Å². The minimum atomic E-state index is -0.313. The van der Waals surface area contributed by atoms with Crippen molar-refractivity contribution in [1.29, 1.82) is 0 Å². The van der Waals surface area contributed by atoms with Gasteiger partial charge in [-0.25, -0.2) is 4.98 Å². The van der Waals surface area contributed by atoms with Crippen molar-refractivity contribution in [2.24, 2.45) is 0 Å². The van der Waals surface area contributed by atoms with Gasteiger partial charge in [0.05, 0.1) is 30.7 Å². The van der Waals surface area contributed by atoms with Crippen molar-refractivity contribution >= 4 is 39.2 Å². The maximum Gasteiger partial charge on any atom is 0.262 e. The Bertz CT molecular complexity index is 1280. The summed E-state index contributed by atoms with van der Waals surface area (Å²) in [5, 5.41) is 3.60. The molecule has 3 aromatic rings. The molecular weight excluding hydrogens is 482 g/mol. The van der Waals surface area contributed by atoms with Crippen LogP contribution in [0.4, 0.5) is 0 Å². The molecule has 0 saturated heterocycles. The highest BCUT2D eigenvalue weighted by atomic mass is 32.2. The Morgan fingerprint density at radius 2 is 2.14 bits per heavy atom. The van der Waals surface area contributed by atoms with Crippen molar-refractivity contribution in [3.63, 3.8) is 0 Å². The molecule has 1 aromatic carbocycles. The molecule has 0 spiro atoms. The molecule has 0 bridgehead atoms. The molecule has 0 radical (unpaired) electrons. The number of nitrogens with one attached hydrogen (secondary N) is 1. The van der Waals surface area contributed by atoms with E-state index in [-0.39, 0.29) is 23.6 Å². The quantitative estimate of drug-likeness (QED) is 0.313. The molecule has 0 atom stereocenters. The first-order valence-corrected chi connectivity index (χ1v) is 13.5. The third kappa shape index (κ3) is 5.97. The molecular formula is C26H31N3O4S2. The summed E-state index contributed by atoms with van der Waals surface area (Å²) in [6.07, 6.45) is 2.72. The van der Waals surface area contributed by atoms with Crippen LogP contribution in [0.2, 0.25) is 0 Å². The second-order valence-corrected chi connectivity index (χ2v) is 11.2. The van der Waals surface area contributed by atoms with Crippen LogP contribution in [-0.2, 0) is 35.6 Å². The molecule has 9 heteroatoms. The highest BCUT2D eigenvalue weighted by Gasteiger charge is 2.31. The van der Waals surface area contributed by atoms with Crippen molar-refractivity contribution < 1.29 is 14.3 Å². The molecule has 0 unspecified atom stereocenters. The minimum Gasteiger partial charge on any atom is -0.494 e. The lowest BCUT2D eigenvalue weighted by Crippen LogP contribution is -2.33. The van der Waals surface area contributed by atoms with Gasteiger partial charge in [0.1, 0.15) is 16.4 Å². The summed E-state index contributed by atoms with van der Waals surface area (Å²) in [6, 6.07) is 7.85. The van der Waals surface area contributed by atoms with E-state index in [2.05, 4.69) is 11.9 Å². The summed E-state index contributed by atoms with van der Waals surface area (Å²) in [6.45, 7) is 11.5. The van der Waals surface area contributed by atoms with Crippen LogP contribution in [0.15, 0.2) is 46.6 Å². The van der Waals surface area contributed by atoms with Gasteiger partial charge in [-0.2, -0.15) is 0 Å². The van der Waals surface area contributed by atoms with Crippen LogP contribution in [0.25, 0.3) is 10.2 Å². The Kier molecular flexibility index (Phi) is 7.98. The number of benzene rings is 1. The van der Waals surface area contributed by atoms with Crippen LogP contribution in [0, 0.1) is 0 Å². The molecule has 2 aromatic heterocycles. The average molecular weight is 514 g/mol. The van der Waals surface area contributed by atoms with Gasteiger partial charge in [-0.1, -0.05) is 6.08 Å². The second kappa shape index (κ2) is 11.0. The van der Waals surface area contributed by atoms with Crippen molar-refractivity contribution in [3.8, 4) is 5.75 Å². The van der Waals surface area contributed by atoms with Gasteiger partial charge in [-0.05, 0) is 50.6 Å². The number of fused-ring (bicyclic) bond motifs is 3. The number of aromatic nitrogens is 2. The number of rotatable bonds is 10. The first-order valence-electron chi connectivity index (χ1n) is 11.7. The molecule has 3 heterocycles. The monoisotopic (exact) mass is 513 g/mol. The molecule has 0 aliphatic carbocycles. The van der Waals surface area contributed by atoms with E-state index < -0.39 is 0 Å². The molecule has 35 heavy (non-hydrogen) atoms. The third-order valence-electron chi connectivity index (χ3n) is 5.76. The van der Waals surface area contributed by atoms with E-state index in [1.807, 2.05) is 45.0 Å². The van der Waals surface area contributed by atoms with Gasteiger partial charge in [0, 0.05) is 34.9 Å². The molecule has 186 valence electrons. The van der Waals surface area contributed by atoms with Crippen LogP contribution in [-0.4, -0.2) is 33.4 Å². The molecule has 1 amide bonds. The smallest absolute Gasteiger partial charge is 0.262 e. The highest BCUT2D eigenvalue weighted by Crippen LogP contribution is 2.37. The molecule has 0 fully saturated rings. The second-order valence-electron chi connectivity index (χ2n) is 8.92. The third-order valence-corrected chi connectivity index (χ3v) is 7.87. The molecule has 4 rings (SSSR count). The molecule has 1 aliphatic rings. The van der Waals surface area contributed by atoms with Crippen LogP contribution >= 0.6 is 23.1 Å². The van der Waals surface area contributed by atoms with Gasteiger partial charge in [0.15, 0.2) is 0 Å². The van der Waals surface area contributed by atoms with E-state index in [0.29, 0.717) is 54.4 Å². The molecule has 1 aliphatic heterocycles. The van der Waals surface area contributed by atoms with E-state index in [9.17, 15) is 9.59 Å². The Hall–Kier alpha value is -2.62. The average Bonchev–Trinajstić information content (AvgIpc) is 3.17. The highest BCUT2D eigenvalue weighted by molar-refractivity contribution is 7.99. The fourth-order valence-electron chi connectivity index (χ4n) is 4.05. The number of hydrogen-bond acceptors (Lipinski definition) is 7. The van der Waals surface area contributed by atoms with E-state index in [0.717, 1.165) is 21.1 Å². The van der Waals surface area contributed by atoms with E-state index in [1.54, 1.807) is 22.4 Å². The lowest BCUT2D eigenvalue weighted by Gasteiger charge is -2.29. The van der Waals surface area contributed by atoms with Crippen LogP contribution in [0.5, 0.6) is 5.75 Å². The lowest BCUT2D eigenvalue weighted by molar-refractivity contribution is -0.120. The first-order chi connectivity index (χ1) is 16.8. The van der Waals surface area contributed by atoms with Crippen LogP contribution < -0.4 is 15.6 Å². The Morgan fingerprint density at radius 3 is 2.86 bits per heavy atom. The van der Waals surface area contributed by atoms with E-state index in [4.69, 9.17) is 14.5 Å². The number of hydrogen-bond donors (Lipinski definition) is 1. The SMILES string of the molecule is C=CCn1c(CNC(=O)CCSc2ccc(OCC)cc2)nc2sc3c(c2c1=O)CC(C)(C)OC3. The van der Waals surface area contributed by atoms with Gasteiger partial charge >= 0.3 is 0 Å². The lowest BCUT2D eigenvalue weighted by atomic mass is 9.94. The minimum absolute atomic E-state index is 0.0800. The number of thiophene rings is 1. The predicted octanol–water partition coefficient (Wildman–Crippen LogP) is 4.69. The van der Waals surface area contributed by atoms with E-state index >= 15 is 0 Å². The zero-order chi connectivity index (χ0) is 25.0. The van der Waals surface area contributed by atoms with Crippen LogP contribution in [0.3, 0.4) is 0 Å². The summed E-state index contributed by atoms with van der Waals surface area (Å²) in [5.41, 5.74) is 0.644. The number of nitrogens with zero attached hydrogens (tertiary/aromatic N) is 2. The summed E-state index contributed by atoms with van der Waals surface area (Å²) in [7, 11) is 0. The van der Waals surface area contributed by atoms with Gasteiger partial charge in [-0.15, -0.1) is 29.7 Å².